The van der Waals surface area contributed by atoms with Gasteiger partial charge in [-0.05, 0) is 43.4 Å². The molecule has 3 fully saturated rings. The number of para-hydroxylation sites is 1. The van der Waals surface area contributed by atoms with Crippen molar-refractivity contribution in [3.8, 4) is 5.75 Å². The topological polar surface area (TPSA) is 98.9 Å². The number of ether oxygens (including phenoxy) is 2. The van der Waals surface area contributed by atoms with Gasteiger partial charge in [-0.1, -0.05) is 37.1 Å². The van der Waals surface area contributed by atoms with Crippen molar-refractivity contribution in [2.75, 3.05) is 19.7 Å². The molecule has 2 heterocycles. The van der Waals surface area contributed by atoms with Gasteiger partial charge in [0.1, 0.15) is 23.5 Å². The molecule has 2 N–H and O–H groups in total. The summed E-state index contributed by atoms with van der Waals surface area (Å²) >= 11 is 0. The molecule has 1 aromatic carbocycles. The van der Waals surface area contributed by atoms with Crippen LogP contribution in [0.1, 0.15) is 32.1 Å². The van der Waals surface area contributed by atoms with E-state index in [0.717, 1.165) is 25.8 Å². The van der Waals surface area contributed by atoms with Crippen LogP contribution in [-0.2, 0) is 19.1 Å². The number of hydrogen-bond donors (Lipinski definition) is 1. The van der Waals surface area contributed by atoms with E-state index in [1.54, 1.807) is 12.2 Å². The number of allylic oxidation sites excluding steroid dienone is 1. The van der Waals surface area contributed by atoms with E-state index in [1.807, 2.05) is 30.3 Å². The third kappa shape index (κ3) is 3.80. The molecule has 1 aromatic rings. The van der Waals surface area contributed by atoms with Crippen LogP contribution in [0.2, 0.25) is 0 Å². The molecule has 5 rings (SSSR count). The van der Waals surface area contributed by atoms with Gasteiger partial charge in [-0.25, -0.2) is 0 Å². The standard InChI is InChI=1S/C25H28N2O5/c26-24(30)25(14-16-6-7-16)11-8-20(32-17-4-2-1-3-5-17)18(23(25)29)9-12-27-13-10-21-22(27)19(28)15-31-21/h1-5,8,11,16,21-22H,6-7,9-10,12-15H2,(H2,26,30). The Hall–Kier alpha value is -2.77. The van der Waals surface area contributed by atoms with Crippen molar-refractivity contribution in [2.45, 2.75) is 44.2 Å². The number of benzene rings is 1. The first-order chi connectivity index (χ1) is 15.5. The van der Waals surface area contributed by atoms with E-state index in [9.17, 15) is 14.4 Å². The van der Waals surface area contributed by atoms with Crippen LogP contribution >= 0.6 is 0 Å². The highest BCUT2D eigenvalue weighted by Gasteiger charge is 2.50. The number of rotatable bonds is 8. The first-order valence-corrected chi connectivity index (χ1v) is 11.4. The Kier molecular flexibility index (Phi) is 5.47. The predicted octanol–water partition coefficient (Wildman–Crippen LogP) is 2.16. The molecular formula is C25H28N2O5. The number of fused-ring (bicyclic) bond motifs is 1. The van der Waals surface area contributed by atoms with Gasteiger partial charge in [0, 0.05) is 18.7 Å². The Morgan fingerprint density at radius 1 is 1.19 bits per heavy atom. The lowest BCUT2D eigenvalue weighted by atomic mass is 9.71. The summed E-state index contributed by atoms with van der Waals surface area (Å²) in [7, 11) is 0. The summed E-state index contributed by atoms with van der Waals surface area (Å²) in [6.45, 7) is 1.42. The van der Waals surface area contributed by atoms with E-state index in [-0.39, 0.29) is 30.3 Å². The third-order valence-electron chi connectivity index (χ3n) is 7.08. The lowest BCUT2D eigenvalue weighted by molar-refractivity contribution is -0.136. The van der Waals surface area contributed by atoms with Gasteiger partial charge in [0.05, 0.1) is 12.1 Å². The molecule has 0 radical (unpaired) electrons. The quantitative estimate of drug-likeness (QED) is 0.627. The number of ketones is 2. The summed E-state index contributed by atoms with van der Waals surface area (Å²) in [5.41, 5.74) is 4.93. The average Bonchev–Trinajstić information content (AvgIpc) is 3.38. The monoisotopic (exact) mass is 436 g/mol. The minimum atomic E-state index is -1.32. The van der Waals surface area contributed by atoms with Gasteiger partial charge in [-0.3, -0.25) is 19.3 Å². The molecule has 2 saturated heterocycles. The molecule has 1 saturated carbocycles. The zero-order valence-electron chi connectivity index (χ0n) is 18.0. The van der Waals surface area contributed by atoms with Crippen LogP contribution in [0, 0.1) is 11.3 Å². The maximum atomic E-state index is 13.7. The minimum absolute atomic E-state index is 0.0574. The highest BCUT2D eigenvalue weighted by atomic mass is 16.5. The number of amides is 1. The number of likely N-dealkylation sites (tertiary alicyclic amines) is 1. The Labute approximate surface area is 187 Å². The van der Waals surface area contributed by atoms with Crippen LogP contribution < -0.4 is 10.5 Å². The predicted molar refractivity (Wildman–Crippen MR) is 117 cm³/mol. The van der Waals surface area contributed by atoms with Gasteiger partial charge in [0.2, 0.25) is 5.91 Å². The van der Waals surface area contributed by atoms with E-state index in [4.69, 9.17) is 15.2 Å². The van der Waals surface area contributed by atoms with E-state index in [2.05, 4.69) is 4.90 Å². The second-order valence-corrected chi connectivity index (χ2v) is 9.24. The van der Waals surface area contributed by atoms with Crippen LogP contribution in [0.15, 0.2) is 53.8 Å². The largest absolute Gasteiger partial charge is 0.457 e. The average molecular weight is 437 g/mol. The SMILES string of the molecule is NC(=O)C1(CC2CC2)C=CC(Oc2ccccc2)=C(CCN2CCC3OCC(=O)C32)C1=O. The van der Waals surface area contributed by atoms with Crippen molar-refractivity contribution in [1.29, 1.82) is 0 Å². The van der Waals surface area contributed by atoms with Crippen LogP contribution in [0.3, 0.4) is 0 Å². The summed E-state index contributed by atoms with van der Waals surface area (Å²) in [5.74, 6) is 0.627. The number of carbonyl (C=O) groups excluding carboxylic acids is 3. The summed E-state index contributed by atoms with van der Waals surface area (Å²) < 4.78 is 11.6. The first kappa shape index (κ1) is 21.1. The molecule has 7 nitrogen and oxygen atoms in total. The van der Waals surface area contributed by atoms with Crippen LogP contribution in [0.5, 0.6) is 5.75 Å². The fraction of sp³-hybridized carbons (Fsp3) is 0.480. The Morgan fingerprint density at radius 2 is 1.97 bits per heavy atom. The fourth-order valence-electron chi connectivity index (χ4n) is 5.15. The van der Waals surface area contributed by atoms with Crippen molar-refractivity contribution < 1.29 is 23.9 Å². The highest BCUT2D eigenvalue weighted by Crippen LogP contribution is 2.45. The summed E-state index contributed by atoms with van der Waals surface area (Å²) in [6.07, 6.45) is 6.97. The maximum absolute atomic E-state index is 13.7. The smallest absolute Gasteiger partial charge is 0.235 e. The molecule has 2 aliphatic carbocycles. The van der Waals surface area contributed by atoms with Gasteiger partial charge in [0.15, 0.2) is 11.6 Å². The molecule has 0 spiro atoms. The molecule has 32 heavy (non-hydrogen) atoms. The molecule has 3 atom stereocenters. The number of Topliss-reactive ketones (excluding diaryl/α,β-unsaturated/α-hetero) is 2. The van der Waals surface area contributed by atoms with Crippen molar-refractivity contribution in [3.05, 3.63) is 53.8 Å². The normalized spacial score (nSPS) is 30.1. The second-order valence-electron chi connectivity index (χ2n) is 9.24. The number of nitrogens with zero attached hydrogens (tertiary/aromatic N) is 1. The maximum Gasteiger partial charge on any atom is 0.235 e. The van der Waals surface area contributed by atoms with Gasteiger partial charge < -0.3 is 15.2 Å². The Bertz CT molecular complexity index is 997. The zero-order chi connectivity index (χ0) is 22.3. The van der Waals surface area contributed by atoms with E-state index >= 15 is 0 Å². The number of hydrogen-bond acceptors (Lipinski definition) is 6. The van der Waals surface area contributed by atoms with Gasteiger partial charge in [-0.2, -0.15) is 0 Å². The number of nitrogens with two attached hydrogens (primary N) is 1. The lowest BCUT2D eigenvalue weighted by Crippen LogP contribution is -2.46. The van der Waals surface area contributed by atoms with E-state index in [1.165, 1.54) is 0 Å². The summed E-state index contributed by atoms with van der Waals surface area (Å²) in [4.78, 5) is 40.6. The molecule has 3 unspecified atom stereocenters. The zero-order valence-corrected chi connectivity index (χ0v) is 18.0. The molecule has 2 aliphatic heterocycles. The van der Waals surface area contributed by atoms with Gasteiger partial charge >= 0.3 is 0 Å². The Morgan fingerprint density at radius 3 is 2.69 bits per heavy atom. The number of primary amides is 1. The Balaban J connectivity index is 1.43. The van der Waals surface area contributed by atoms with Crippen molar-refractivity contribution in [3.63, 3.8) is 0 Å². The van der Waals surface area contributed by atoms with Crippen LogP contribution in [0.25, 0.3) is 0 Å². The van der Waals surface area contributed by atoms with Crippen LogP contribution in [0.4, 0.5) is 0 Å². The van der Waals surface area contributed by atoms with E-state index < -0.39 is 11.3 Å². The van der Waals surface area contributed by atoms with Gasteiger partial charge in [-0.15, -0.1) is 0 Å². The van der Waals surface area contributed by atoms with Crippen molar-refractivity contribution >= 4 is 17.5 Å². The summed E-state index contributed by atoms with van der Waals surface area (Å²) in [6, 6.07) is 9.02. The molecule has 4 aliphatic rings. The second kappa shape index (κ2) is 8.30. The molecule has 0 bridgehead atoms. The molecule has 1 amide bonds. The fourth-order valence-corrected chi connectivity index (χ4v) is 5.15. The molecule has 168 valence electrons. The van der Waals surface area contributed by atoms with Gasteiger partial charge in [0.25, 0.3) is 0 Å². The van der Waals surface area contributed by atoms with Crippen molar-refractivity contribution in [1.82, 2.24) is 4.90 Å². The molecular weight excluding hydrogens is 408 g/mol. The minimum Gasteiger partial charge on any atom is -0.457 e. The first-order valence-electron chi connectivity index (χ1n) is 11.4. The van der Waals surface area contributed by atoms with E-state index in [0.29, 0.717) is 42.4 Å². The lowest BCUT2D eigenvalue weighted by Gasteiger charge is -2.32. The van der Waals surface area contributed by atoms with Crippen molar-refractivity contribution in [2.24, 2.45) is 17.1 Å². The highest BCUT2D eigenvalue weighted by molar-refractivity contribution is 6.16. The molecule has 0 aromatic heterocycles. The summed E-state index contributed by atoms with van der Waals surface area (Å²) in [5, 5.41) is 0. The van der Waals surface area contributed by atoms with Crippen LogP contribution in [-0.4, -0.2) is 54.2 Å². The number of carbonyl (C=O) groups is 3. The third-order valence-corrected chi connectivity index (χ3v) is 7.08. The molecule has 7 heteroatoms.